The third-order valence-corrected chi connectivity index (χ3v) is 5.18. The Morgan fingerprint density at radius 1 is 1.12 bits per heavy atom. The first-order valence-corrected chi connectivity index (χ1v) is 9.33. The van der Waals surface area contributed by atoms with Crippen LogP contribution in [0.25, 0.3) is 10.9 Å². The van der Waals surface area contributed by atoms with Crippen molar-refractivity contribution in [3.63, 3.8) is 0 Å². The molecule has 126 valence electrons. The summed E-state index contributed by atoms with van der Waals surface area (Å²) in [6, 6.07) is 15.5. The molecule has 1 fully saturated rings. The molecule has 0 bridgehead atoms. The van der Waals surface area contributed by atoms with E-state index in [4.69, 9.17) is 0 Å². The number of amides is 1. The van der Waals surface area contributed by atoms with E-state index >= 15 is 0 Å². The number of para-hydroxylation sites is 1. The Bertz CT molecular complexity index is 907. The van der Waals surface area contributed by atoms with E-state index in [9.17, 15) is 4.79 Å². The molecule has 1 saturated heterocycles. The largest absolute Gasteiger partial charge is 0.344 e. The molecule has 3 aromatic rings. The number of nitrogens with one attached hydrogen (secondary N) is 1. The number of benzene rings is 2. The van der Waals surface area contributed by atoms with Crippen LogP contribution in [0, 0.1) is 3.57 Å². The fourth-order valence-corrected chi connectivity index (χ4v) is 3.63. The normalized spacial score (nSPS) is 17.0. The van der Waals surface area contributed by atoms with Crippen molar-refractivity contribution >= 4 is 50.9 Å². The molecule has 2 aromatic carbocycles. The van der Waals surface area contributed by atoms with Gasteiger partial charge in [-0.05, 0) is 71.8 Å². The summed E-state index contributed by atoms with van der Waals surface area (Å²) >= 11 is 2.25. The van der Waals surface area contributed by atoms with Gasteiger partial charge >= 0.3 is 0 Å². The summed E-state index contributed by atoms with van der Waals surface area (Å²) in [6.07, 6.45) is 3.38. The average molecular weight is 444 g/mol. The number of carbonyl (C=O) groups excluding carboxylic acids is 1. The van der Waals surface area contributed by atoms with E-state index in [1.165, 1.54) is 0 Å². The average Bonchev–Trinajstić information content (AvgIpc) is 3.13. The van der Waals surface area contributed by atoms with E-state index in [1.54, 1.807) is 6.33 Å². The topological polar surface area (TPSA) is 58.1 Å². The number of hydrogen-bond donors (Lipinski definition) is 1. The third kappa shape index (κ3) is 3.30. The van der Waals surface area contributed by atoms with E-state index in [2.05, 4.69) is 42.8 Å². The lowest BCUT2D eigenvalue weighted by molar-refractivity contribution is -0.117. The zero-order valence-corrected chi connectivity index (χ0v) is 15.7. The summed E-state index contributed by atoms with van der Waals surface area (Å²) in [5.74, 6) is 0.854. The number of aromatic nitrogens is 2. The molecule has 1 aromatic heterocycles. The highest BCUT2D eigenvalue weighted by Crippen LogP contribution is 2.30. The number of nitrogens with zero attached hydrogens (tertiary/aromatic N) is 3. The molecule has 0 radical (unpaired) electrons. The lowest BCUT2D eigenvalue weighted by atomic mass is 10.1. The molecule has 0 saturated carbocycles. The van der Waals surface area contributed by atoms with Gasteiger partial charge in [0.05, 0.1) is 5.52 Å². The van der Waals surface area contributed by atoms with Gasteiger partial charge in [0.25, 0.3) is 0 Å². The SMILES string of the molecule is O=C(Nc1ccc(I)cc1)[C@H]1CCCN1c1ncnc2ccccc12. The number of hydrogen-bond acceptors (Lipinski definition) is 4. The van der Waals surface area contributed by atoms with Gasteiger partial charge in [-0.25, -0.2) is 9.97 Å². The minimum absolute atomic E-state index is 0.0152. The molecule has 5 nitrogen and oxygen atoms in total. The lowest BCUT2D eigenvalue weighted by Crippen LogP contribution is -2.40. The highest BCUT2D eigenvalue weighted by molar-refractivity contribution is 14.1. The van der Waals surface area contributed by atoms with Gasteiger partial charge in [-0.1, -0.05) is 12.1 Å². The van der Waals surface area contributed by atoms with E-state index in [0.29, 0.717) is 0 Å². The number of carbonyl (C=O) groups is 1. The lowest BCUT2D eigenvalue weighted by Gasteiger charge is -2.25. The molecule has 6 heteroatoms. The van der Waals surface area contributed by atoms with Crippen LogP contribution >= 0.6 is 22.6 Å². The summed E-state index contributed by atoms with van der Waals surface area (Å²) in [6.45, 7) is 0.825. The first-order chi connectivity index (χ1) is 12.2. The quantitative estimate of drug-likeness (QED) is 0.624. The van der Waals surface area contributed by atoms with Crippen LogP contribution in [0.2, 0.25) is 0 Å². The first-order valence-electron chi connectivity index (χ1n) is 8.25. The Kier molecular flexibility index (Phi) is 4.52. The molecule has 1 aliphatic heterocycles. The maximum atomic E-state index is 12.8. The Morgan fingerprint density at radius 3 is 2.76 bits per heavy atom. The number of fused-ring (bicyclic) bond motifs is 1. The van der Waals surface area contributed by atoms with E-state index < -0.39 is 0 Å². The molecular weight excluding hydrogens is 427 g/mol. The van der Waals surface area contributed by atoms with Crippen molar-refractivity contribution in [2.75, 3.05) is 16.8 Å². The van der Waals surface area contributed by atoms with Crippen LogP contribution in [0.4, 0.5) is 11.5 Å². The Balaban J connectivity index is 1.61. The van der Waals surface area contributed by atoms with Gasteiger partial charge in [0.1, 0.15) is 18.2 Å². The van der Waals surface area contributed by atoms with Crippen LogP contribution < -0.4 is 10.2 Å². The molecule has 1 atom stereocenters. The number of anilines is 2. The van der Waals surface area contributed by atoms with Crippen molar-refractivity contribution < 1.29 is 4.79 Å². The fourth-order valence-electron chi connectivity index (χ4n) is 3.27. The van der Waals surface area contributed by atoms with Crippen molar-refractivity contribution in [1.29, 1.82) is 0 Å². The summed E-state index contributed by atoms with van der Waals surface area (Å²) in [5.41, 5.74) is 1.72. The van der Waals surface area contributed by atoms with E-state index in [0.717, 1.165) is 45.4 Å². The van der Waals surface area contributed by atoms with Crippen LogP contribution in [-0.4, -0.2) is 28.5 Å². The summed E-state index contributed by atoms with van der Waals surface area (Å²) in [4.78, 5) is 23.7. The van der Waals surface area contributed by atoms with Gasteiger partial charge < -0.3 is 10.2 Å². The van der Waals surface area contributed by atoms with Crippen LogP contribution in [-0.2, 0) is 4.79 Å². The van der Waals surface area contributed by atoms with Crippen molar-refractivity contribution in [3.05, 3.63) is 58.4 Å². The maximum Gasteiger partial charge on any atom is 0.247 e. The molecule has 0 spiro atoms. The standard InChI is InChI=1S/C19H17IN4O/c20-13-7-9-14(10-8-13)23-19(25)17-6-3-11-24(17)18-15-4-1-2-5-16(15)21-12-22-18/h1-2,4-5,7-10,12,17H,3,6,11H2,(H,23,25)/t17-/m1/s1. The van der Waals surface area contributed by atoms with Crippen molar-refractivity contribution in [2.45, 2.75) is 18.9 Å². The molecule has 1 N–H and O–H groups in total. The monoisotopic (exact) mass is 444 g/mol. The van der Waals surface area contributed by atoms with Gasteiger partial charge in [0.15, 0.2) is 0 Å². The van der Waals surface area contributed by atoms with Crippen LogP contribution in [0.3, 0.4) is 0 Å². The predicted molar refractivity (Wildman–Crippen MR) is 108 cm³/mol. The molecule has 0 unspecified atom stereocenters. The van der Waals surface area contributed by atoms with Crippen LogP contribution in [0.5, 0.6) is 0 Å². The van der Waals surface area contributed by atoms with Crippen molar-refractivity contribution in [3.8, 4) is 0 Å². The third-order valence-electron chi connectivity index (χ3n) is 4.46. The Labute approximate surface area is 159 Å². The summed E-state index contributed by atoms with van der Waals surface area (Å²) < 4.78 is 1.14. The van der Waals surface area contributed by atoms with Crippen molar-refractivity contribution in [1.82, 2.24) is 9.97 Å². The Morgan fingerprint density at radius 2 is 1.92 bits per heavy atom. The van der Waals surface area contributed by atoms with E-state index in [1.807, 2.05) is 48.5 Å². The van der Waals surface area contributed by atoms with Gasteiger partial charge in [-0.3, -0.25) is 4.79 Å². The molecule has 25 heavy (non-hydrogen) atoms. The highest BCUT2D eigenvalue weighted by atomic mass is 127. The second-order valence-corrected chi connectivity index (χ2v) is 7.31. The zero-order valence-electron chi connectivity index (χ0n) is 13.5. The van der Waals surface area contributed by atoms with Crippen LogP contribution in [0.1, 0.15) is 12.8 Å². The fraction of sp³-hybridized carbons (Fsp3) is 0.211. The predicted octanol–water partition coefficient (Wildman–Crippen LogP) is 3.84. The first kappa shape index (κ1) is 16.3. The van der Waals surface area contributed by atoms with Crippen molar-refractivity contribution in [2.24, 2.45) is 0 Å². The number of rotatable bonds is 3. The molecular formula is C19H17IN4O. The maximum absolute atomic E-state index is 12.8. The summed E-state index contributed by atoms with van der Waals surface area (Å²) in [5, 5.41) is 4.02. The second kappa shape index (κ2) is 6.95. The van der Waals surface area contributed by atoms with Gasteiger partial charge in [0.2, 0.25) is 5.91 Å². The molecule has 1 amide bonds. The Hall–Kier alpha value is -2.22. The smallest absolute Gasteiger partial charge is 0.247 e. The molecule has 1 aliphatic rings. The second-order valence-electron chi connectivity index (χ2n) is 6.06. The highest BCUT2D eigenvalue weighted by Gasteiger charge is 2.32. The zero-order chi connectivity index (χ0) is 17.2. The molecule has 0 aliphatic carbocycles. The molecule has 4 rings (SSSR count). The number of halogens is 1. The van der Waals surface area contributed by atoms with Crippen LogP contribution in [0.15, 0.2) is 54.9 Å². The van der Waals surface area contributed by atoms with Gasteiger partial charge in [-0.15, -0.1) is 0 Å². The van der Waals surface area contributed by atoms with Gasteiger partial charge in [-0.2, -0.15) is 0 Å². The van der Waals surface area contributed by atoms with E-state index in [-0.39, 0.29) is 11.9 Å². The minimum Gasteiger partial charge on any atom is -0.344 e. The van der Waals surface area contributed by atoms with Gasteiger partial charge in [0, 0.05) is 21.2 Å². The minimum atomic E-state index is -0.211. The summed E-state index contributed by atoms with van der Waals surface area (Å²) in [7, 11) is 0. The molecule has 2 heterocycles.